The normalized spacial score (nSPS) is 14.8. The van der Waals surface area contributed by atoms with Crippen LogP contribution in [0.4, 0.5) is 0 Å². The highest BCUT2D eigenvalue weighted by atomic mass is 79.9. The molecule has 1 aromatic heterocycles. The number of ether oxygens (including phenoxy) is 1. The zero-order valence-electron chi connectivity index (χ0n) is 12.2. The Morgan fingerprint density at radius 3 is 3.10 bits per heavy atom. The lowest BCUT2D eigenvalue weighted by Gasteiger charge is -2.15. The summed E-state index contributed by atoms with van der Waals surface area (Å²) < 4.78 is 12.3. The average Bonchev–Trinajstić information content (AvgIpc) is 3.13. The second-order valence-corrected chi connectivity index (χ2v) is 6.47. The quantitative estimate of drug-likeness (QED) is 0.852. The topological polar surface area (TPSA) is 34.4 Å². The molecule has 1 aliphatic heterocycles. The Labute approximate surface area is 133 Å². The largest absolute Gasteiger partial charge is 0.493 e. The highest BCUT2D eigenvalue weighted by Gasteiger charge is 2.17. The lowest BCUT2D eigenvalue weighted by Crippen LogP contribution is -2.26. The Hall–Kier alpha value is -1.26. The fourth-order valence-electron chi connectivity index (χ4n) is 2.68. The average molecular weight is 350 g/mol. The number of fused-ring (bicyclic) bond motifs is 1. The summed E-state index contributed by atoms with van der Waals surface area (Å²) in [5, 5.41) is 3.58. The predicted molar refractivity (Wildman–Crippen MR) is 86.7 cm³/mol. The van der Waals surface area contributed by atoms with Gasteiger partial charge in [0.05, 0.1) is 12.9 Å². The van der Waals surface area contributed by atoms with Crippen molar-refractivity contribution in [3.8, 4) is 5.75 Å². The van der Waals surface area contributed by atoms with E-state index < -0.39 is 0 Å². The number of rotatable bonds is 6. The van der Waals surface area contributed by atoms with E-state index in [1.807, 2.05) is 12.1 Å². The van der Waals surface area contributed by atoms with E-state index >= 15 is 0 Å². The Morgan fingerprint density at radius 2 is 2.29 bits per heavy atom. The molecule has 2 heterocycles. The number of furan rings is 1. The zero-order valence-corrected chi connectivity index (χ0v) is 13.8. The fourth-order valence-corrected chi connectivity index (χ4v) is 3.23. The minimum absolute atomic E-state index is 0.436. The Morgan fingerprint density at radius 1 is 1.38 bits per heavy atom. The number of aryl methyl sites for hydroxylation is 1. The maximum absolute atomic E-state index is 5.76. The van der Waals surface area contributed by atoms with Gasteiger partial charge in [0.25, 0.3) is 0 Å². The SMILES string of the molecule is CC(CCc1ccco1)NCc1cc(Br)cc2c1OCC2. The summed E-state index contributed by atoms with van der Waals surface area (Å²) in [4.78, 5) is 0. The van der Waals surface area contributed by atoms with Crippen molar-refractivity contribution in [1.82, 2.24) is 5.32 Å². The molecule has 4 heteroatoms. The van der Waals surface area contributed by atoms with E-state index in [9.17, 15) is 0 Å². The zero-order chi connectivity index (χ0) is 14.7. The molecule has 1 aliphatic rings. The van der Waals surface area contributed by atoms with Crippen LogP contribution in [0.2, 0.25) is 0 Å². The second kappa shape index (κ2) is 6.67. The van der Waals surface area contributed by atoms with Crippen molar-refractivity contribution in [3.05, 3.63) is 51.9 Å². The van der Waals surface area contributed by atoms with Gasteiger partial charge < -0.3 is 14.5 Å². The van der Waals surface area contributed by atoms with Crippen LogP contribution >= 0.6 is 15.9 Å². The van der Waals surface area contributed by atoms with E-state index in [1.54, 1.807) is 6.26 Å². The van der Waals surface area contributed by atoms with Crippen LogP contribution in [0, 0.1) is 0 Å². The fraction of sp³-hybridized carbons (Fsp3) is 0.412. The van der Waals surface area contributed by atoms with Crippen molar-refractivity contribution in [1.29, 1.82) is 0 Å². The number of hydrogen-bond acceptors (Lipinski definition) is 3. The van der Waals surface area contributed by atoms with Crippen molar-refractivity contribution >= 4 is 15.9 Å². The highest BCUT2D eigenvalue weighted by Crippen LogP contribution is 2.32. The molecule has 21 heavy (non-hydrogen) atoms. The van der Waals surface area contributed by atoms with Crippen molar-refractivity contribution in [2.24, 2.45) is 0 Å². The molecule has 0 fully saturated rings. The molecule has 3 rings (SSSR count). The third-order valence-corrected chi connectivity index (χ3v) is 4.33. The molecule has 2 aromatic rings. The van der Waals surface area contributed by atoms with E-state index in [-0.39, 0.29) is 0 Å². The number of benzene rings is 1. The molecule has 1 atom stereocenters. The van der Waals surface area contributed by atoms with Crippen LogP contribution in [0.25, 0.3) is 0 Å². The van der Waals surface area contributed by atoms with Gasteiger partial charge in [-0.15, -0.1) is 0 Å². The molecule has 0 saturated heterocycles. The first-order valence-corrected chi connectivity index (χ1v) is 8.21. The van der Waals surface area contributed by atoms with Crippen molar-refractivity contribution in [2.75, 3.05) is 6.61 Å². The Bertz CT molecular complexity index is 595. The van der Waals surface area contributed by atoms with Crippen molar-refractivity contribution in [2.45, 2.75) is 38.8 Å². The van der Waals surface area contributed by atoms with Crippen LogP contribution in [0.3, 0.4) is 0 Å². The first-order valence-electron chi connectivity index (χ1n) is 7.42. The van der Waals surface area contributed by atoms with E-state index in [0.29, 0.717) is 6.04 Å². The number of halogens is 1. The van der Waals surface area contributed by atoms with E-state index in [0.717, 1.165) is 48.4 Å². The number of nitrogens with one attached hydrogen (secondary N) is 1. The first kappa shape index (κ1) is 14.7. The maximum Gasteiger partial charge on any atom is 0.127 e. The summed E-state index contributed by atoms with van der Waals surface area (Å²) in [6, 6.07) is 8.71. The smallest absolute Gasteiger partial charge is 0.127 e. The summed E-state index contributed by atoms with van der Waals surface area (Å²) in [5.74, 6) is 2.12. The van der Waals surface area contributed by atoms with E-state index in [2.05, 4.69) is 40.3 Å². The summed E-state index contributed by atoms with van der Waals surface area (Å²) in [7, 11) is 0. The van der Waals surface area contributed by atoms with Gasteiger partial charge in [-0.25, -0.2) is 0 Å². The minimum Gasteiger partial charge on any atom is -0.493 e. The predicted octanol–water partition coefficient (Wildman–Crippen LogP) is 4.09. The van der Waals surface area contributed by atoms with Crippen LogP contribution in [-0.4, -0.2) is 12.6 Å². The lowest BCUT2D eigenvalue weighted by atomic mass is 10.1. The van der Waals surface area contributed by atoms with Crippen LogP contribution in [0.15, 0.2) is 39.4 Å². The molecule has 0 bridgehead atoms. The molecule has 1 aromatic carbocycles. The summed E-state index contributed by atoms with van der Waals surface area (Å²) in [6.07, 6.45) is 4.77. The van der Waals surface area contributed by atoms with Crippen molar-refractivity contribution in [3.63, 3.8) is 0 Å². The molecule has 1 N–H and O–H groups in total. The maximum atomic E-state index is 5.76. The molecule has 0 saturated carbocycles. The summed E-state index contributed by atoms with van der Waals surface area (Å²) in [6.45, 7) is 3.84. The van der Waals surface area contributed by atoms with Gasteiger partial charge in [0.2, 0.25) is 0 Å². The standard InChI is InChI=1S/C17H20BrNO2/c1-12(4-5-16-3-2-7-20-16)19-11-14-10-15(18)9-13-6-8-21-17(13)14/h2-3,7,9-10,12,19H,4-6,8,11H2,1H3. The van der Waals surface area contributed by atoms with Gasteiger partial charge in [0, 0.05) is 35.5 Å². The highest BCUT2D eigenvalue weighted by molar-refractivity contribution is 9.10. The van der Waals surface area contributed by atoms with Gasteiger partial charge in [-0.3, -0.25) is 0 Å². The van der Waals surface area contributed by atoms with Crippen LogP contribution in [0.5, 0.6) is 5.75 Å². The van der Waals surface area contributed by atoms with E-state index in [4.69, 9.17) is 9.15 Å². The van der Waals surface area contributed by atoms with Crippen LogP contribution < -0.4 is 10.1 Å². The molecule has 0 aliphatic carbocycles. The molecular weight excluding hydrogens is 330 g/mol. The monoisotopic (exact) mass is 349 g/mol. The van der Waals surface area contributed by atoms with E-state index in [1.165, 1.54) is 11.1 Å². The lowest BCUT2D eigenvalue weighted by molar-refractivity contribution is 0.351. The molecule has 3 nitrogen and oxygen atoms in total. The molecule has 0 amide bonds. The molecule has 112 valence electrons. The molecular formula is C17H20BrNO2. The van der Waals surface area contributed by atoms with Gasteiger partial charge in [-0.05, 0) is 43.2 Å². The van der Waals surface area contributed by atoms with Crippen molar-refractivity contribution < 1.29 is 9.15 Å². The van der Waals surface area contributed by atoms with Gasteiger partial charge in [0.1, 0.15) is 11.5 Å². The Kier molecular flexibility index (Phi) is 4.66. The van der Waals surface area contributed by atoms with Crippen LogP contribution in [-0.2, 0) is 19.4 Å². The third-order valence-electron chi connectivity index (χ3n) is 3.87. The minimum atomic E-state index is 0.436. The van der Waals surface area contributed by atoms with Gasteiger partial charge >= 0.3 is 0 Å². The molecule has 0 radical (unpaired) electrons. The second-order valence-electron chi connectivity index (χ2n) is 5.55. The van der Waals surface area contributed by atoms with Gasteiger partial charge in [-0.1, -0.05) is 15.9 Å². The number of hydrogen-bond donors (Lipinski definition) is 1. The molecule has 1 unspecified atom stereocenters. The molecule has 0 spiro atoms. The summed E-state index contributed by atoms with van der Waals surface area (Å²) >= 11 is 3.58. The van der Waals surface area contributed by atoms with Gasteiger partial charge in [0.15, 0.2) is 0 Å². The van der Waals surface area contributed by atoms with Crippen LogP contribution in [0.1, 0.15) is 30.2 Å². The Balaban J connectivity index is 1.55. The summed E-state index contributed by atoms with van der Waals surface area (Å²) in [5.41, 5.74) is 2.55. The third kappa shape index (κ3) is 3.69. The first-order chi connectivity index (χ1) is 10.2. The van der Waals surface area contributed by atoms with Gasteiger partial charge in [-0.2, -0.15) is 0 Å².